The molecule has 0 aliphatic carbocycles. The van der Waals surface area contributed by atoms with Crippen molar-refractivity contribution in [2.24, 2.45) is 11.8 Å². The number of hydrogen-bond acceptors (Lipinski definition) is 11. The molecule has 9 atom stereocenters. The van der Waals surface area contributed by atoms with E-state index >= 15 is 0 Å². The maximum absolute atomic E-state index is 14.0. The monoisotopic (exact) mass is 890 g/mol. The molecule has 346 valence electrons. The minimum Gasteiger partial charge on any atom is -0.488 e. The molecular weight excluding hydrogens is 829 g/mol. The number of alkyl carbamates (subject to hydrolysis) is 2. The summed E-state index contributed by atoms with van der Waals surface area (Å²) in [6.45, 7) is 12.4. The van der Waals surface area contributed by atoms with Crippen molar-refractivity contribution >= 4 is 39.9 Å². The van der Waals surface area contributed by atoms with Crippen LogP contribution in [0, 0.1) is 11.8 Å². The van der Waals surface area contributed by atoms with E-state index in [4.69, 9.17) is 28.9 Å². The maximum Gasteiger partial charge on any atom is 0.407 e. The molecule has 4 aliphatic heterocycles. The number of aromatic nitrogens is 4. The lowest BCUT2D eigenvalue weighted by atomic mass is 9.84. The fourth-order valence-corrected chi connectivity index (χ4v) is 11.1. The molecular formula is C49H62N8O8. The molecule has 5 aromatic rings. The molecule has 9 rings (SSSR count). The number of nitrogens with zero attached hydrogens (tertiary/aromatic N) is 4. The van der Waals surface area contributed by atoms with Gasteiger partial charge < -0.3 is 49.6 Å². The number of imidazole rings is 2. The summed E-state index contributed by atoms with van der Waals surface area (Å²) in [5.41, 5.74) is 6.67. The summed E-state index contributed by atoms with van der Waals surface area (Å²) in [6.07, 6.45) is 4.39. The average Bonchev–Trinajstić information content (AvgIpc) is 4.11. The summed E-state index contributed by atoms with van der Waals surface area (Å²) in [7, 11) is 2.64. The van der Waals surface area contributed by atoms with Crippen LogP contribution in [0.2, 0.25) is 0 Å². The highest BCUT2D eigenvalue weighted by atomic mass is 16.5. The minimum atomic E-state index is -0.964. The molecule has 3 saturated heterocycles. The van der Waals surface area contributed by atoms with E-state index < -0.39 is 30.5 Å². The molecule has 2 unspecified atom stereocenters. The van der Waals surface area contributed by atoms with Crippen LogP contribution in [0.5, 0.6) is 5.75 Å². The van der Waals surface area contributed by atoms with E-state index in [9.17, 15) is 19.5 Å². The van der Waals surface area contributed by atoms with E-state index in [1.165, 1.54) is 14.2 Å². The Balaban J connectivity index is 0.957. The zero-order chi connectivity index (χ0) is 45.8. The molecule has 3 amide bonds. The lowest BCUT2D eigenvalue weighted by molar-refractivity contribution is -0.137. The lowest BCUT2D eigenvalue weighted by Crippen LogP contribution is -2.58. The van der Waals surface area contributed by atoms with Gasteiger partial charge in [-0.05, 0) is 124 Å². The van der Waals surface area contributed by atoms with E-state index in [1.807, 2.05) is 51.8 Å². The quantitative estimate of drug-likeness (QED) is 0.0916. The van der Waals surface area contributed by atoms with Gasteiger partial charge in [0.25, 0.3) is 0 Å². The van der Waals surface area contributed by atoms with Crippen molar-refractivity contribution in [1.82, 2.24) is 40.4 Å². The van der Waals surface area contributed by atoms with E-state index in [-0.39, 0.29) is 54.1 Å². The number of H-pyrrole nitrogens is 2. The highest BCUT2D eigenvalue weighted by Crippen LogP contribution is 2.45. The average molecular weight is 891 g/mol. The summed E-state index contributed by atoms with van der Waals surface area (Å²) in [5, 5.41) is 19.8. The first-order valence-corrected chi connectivity index (χ1v) is 23.1. The SMILES string of the molecule is COC(=O)NC(C1C[C@@H](C)O[C@H](C)C1)C(O)N1[C@@H](C)CC[C@H]1c1ncc(-c2ccc3c(c2)COc2cc4c(ccc5[nH]c([C@@H]6CC[C@H](C)N6C(=O)[C@@H](NC(=O)OC)C(C)C)nc54)cc2-3)[nH]1. The predicted molar refractivity (Wildman–Crippen MR) is 245 cm³/mol. The Morgan fingerprint density at radius 2 is 1.57 bits per heavy atom. The summed E-state index contributed by atoms with van der Waals surface area (Å²) < 4.78 is 22.3. The summed E-state index contributed by atoms with van der Waals surface area (Å²) in [4.78, 5) is 59.9. The minimum absolute atomic E-state index is 0.00181. The van der Waals surface area contributed by atoms with Crippen LogP contribution < -0.4 is 15.4 Å². The molecule has 0 radical (unpaired) electrons. The molecule has 5 N–H and O–H groups in total. The molecule has 16 heteroatoms. The van der Waals surface area contributed by atoms with Crippen LogP contribution in [0.3, 0.4) is 0 Å². The second-order valence-corrected chi connectivity index (χ2v) is 19.0. The Morgan fingerprint density at radius 1 is 0.846 bits per heavy atom. The predicted octanol–water partition coefficient (Wildman–Crippen LogP) is 7.87. The van der Waals surface area contributed by atoms with Crippen molar-refractivity contribution in [2.75, 3.05) is 14.2 Å². The Bertz CT molecular complexity index is 2580. The number of likely N-dealkylation sites (tertiary alicyclic amines) is 2. The number of aromatic amines is 2. The molecule has 2 aromatic heterocycles. The van der Waals surface area contributed by atoms with Crippen molar-refractivity contribution in [2.45, 2.75) is 141 Å². The van der Waals surface area contributed by atoms with Crippen LogP contribution in [0.15, 0.2) is 48.7 Å². The fraction of sp³-hybridized carbons (Fsp3) is 0.531. The van der Waals surface area contributed by atoms with Crippen LogP contribution in [-0.2, 0) is 25.6 Å². The highest BCUT2D eigenvalue weighted by molar-refractivity contribution is 6.07. The Labute approximate surface area is 379 Å². The number of methoxy groups -OCH3 is 2. The highest BCUT2D eigenvalue weighted by Gasteiger charge is 2.45. The number of rotatable bonds is 10. The van der Waals surface area contributed by atoms with Gasteiger partial charge in [-0.1, -0.05) is 32.0 Å². The Hall–Kier alpha value is -5.71. The molecule has 3 aromatic carbocycles. The summed E-state index contributed by atoms with van der Waals surface area (Å²) >= 11 is 0. The summed E-state index contributed by atoms with van der Waals surface area (Å²) in [6, 6.07) is 13.1. The number of ether oxygens (including phenoxy) is 4. The molecule has 0 bridgehead atoms. The third-order valence-corrected chi connectivity index (χ3v) is 14.3. The molecule has 16 nitrogen and oxygen atoms in total. The van der Waals surface area contributed by atoms with Crippen LogP contribution >= 0.6 is 0 Å². The molecule has 0 spiro atoms. The number of aliphatic hydroxyl groups excluding tert-OH is 1. The number of fused-ring (bicyclic) bond motifs is 6. The number of carbonyl (C=O) groups is 3. The first-order valence-electron chi connectivity index (χ1n) is 23.1. The van der Waals surface area contributed by atoms with Gasteiger partial charge in [0, 0.05) is 23.0 Å². The number of carbonyl (C=O) groups excluding carboxylic acids is 3. The second-order valence-electron chi connectivity index (χ2n) is 19.0. The Kier molecular flexibility index (Phi) is 12.3. The topological polar surface area (TPSA) is 196 Å². The number of nitrogens with one attached hydrogen (secondary N) is 4. The van der Waals surface area contributed by atoms with Crippen LogP contribution in [-0.4, -0.2) is 110 Å². The number of aliphatic hydroxyl groups is 1. The van der Waals surface area contributed by atoms with Gasteiger partial charge in [0.1, 0.15) is 36.3 Å². The van der Waals surface area contributed by atoms with Gasteiger partial charge in [0.15, 0.2) is 0 Å². The normalized spacial score (nSPS) is 25.8. The van der Waals surface area contributed by atoms with Crippen LogP contribution in [0.25, 0.3) is 44.2 Å². The van der Waals surface area contributed by atoms with E-state index in [0.29, 0.717) is 19.4 Å². The zero-order valence-electron chi connectivity index (χ0n) is 38.5. The number of benzene rings is 3. The van der Waals surface area contributed by atoms with Gasteiger partial charge in [-0.25, -0.2) is 19.6 Å². The zero-order valence-corrected chi connectivity index (χ0v) is 38.5. The first-order chi connectivity index (χ1) is 31.2. The third kappa shape index (κ3) is 8.40. The van der Waals surface area contributed by atoms with Gasteiger partial charge in [-0.15, -0.1) is 0 Å². The Morgan fingerprint density at radius 3 is 2.31 bits per heavy atom. The van der Waals surface area contributed by atoms with E-state index in [1.54, 1.807) is 0 Å². The maximum atomic E-state index is 14.0. The largest absolute Gasteiger partial charge is 0.488 e. The van der Waals surface area contributed by atoms with Gasteiger partial charge in [0.2, 0.25) is 5.91 Å². The van der Waals surface area contributed by atoms with Gasteiger partial charge in [0.05, 0.1) is 67.5 Å². The molecule has 0 saturated carbocycles. The molecule has 65 heavy (non-hydrogen) atoms. The van der Waals surface area contributed by atoms with Crippen molar-refractivity contribution < 1.29 is 38.4 Å². The third-order valence-electron chi connectivity index (χ3n) is 14.3. The van der Waals surface area contributed by atoms with Crippen molar-refractivity contribution in [3.8, 4) is 28.1 Å². The molecule has 4 aliphatic rings. The smallest absolute Gasteiger partial charge is 0.407 e. The van der Waals surface area contributed by atoms with Gasteiger partial charge in [-0.3, -0.25) is 9.69 Å². The van der Waals surface area contributed by atoms with Crippen LogP contribution in [0.1, 0.15) is 109 Å². The van der Waals surface area contributed by atoms with Crippen molar-refractivity contribution in [1.29, 1.82) is 0 Å². The lowest BCUT2D eigenvalue weighted by Gasteiger charge is -2.43. The van der Waals surface area contributed by atoms with E-state index in [2.05, 4.69) is 68.8 Å². The number of hydrogen-bond donors (Lipinski definition) is 5. The first kappa shape index (κ1) is 44.5. The standard InChI is InChI=1S/C49H62N8O8/c1-24(2)41(54-48(60)62-7)46(58)57-26(4)10-16-39(57)45-51-36-14-12-29-20-35-33-13-11-30(19-32(33)23-64-40(35)21-34(29)43(36)53-45)37-22-50-44(52-37)38-15-9-25(3)56(38)47(59)42(55-49(61)63-8)31-17-27(5)65-28(6)18-31/h11-14,19-22,24-28,31,38-39,41-42,47,59H,9-10,15-18,23H2,1-8H3,(H,50,52)(H,51,53)(H,54,60)(H,55,61)/t25-,26-,27+,28+,38-,39-,41-,42?,47?/m0/s1. The molecule has 3 fully saturated rings. The van der Waals surface area contributed by atoms with Gasteiger partial charge in [-0.2, -0.15) is 0 Å². The van der Waals surface area contributed by atoms with Crippen molar-refractivity contribution in [3.05, 3.63) is 65.9 Å². The van der Waals surface area contributed by atoms with Gasteiger partial charge >= 0.3 is 12.2 Å². The summed E-state index contributed by atoms with van der Waals surface area (Å²) in [5.74, 6) is 1.98. The fourth-order valence-electron chi connectivity index (χ4n) is 11.1. The second kappa shape index (κ2) is 17.9. The van der Waals surface area contributed by atoms with Crippen LogP contribution in [0.4, 0.5) is 9.59 Å². The number of amides is 3. The van der Waals surface area contributed by atoms with E-state index in [0.717, 1.165) is 92.8 Å². The van der Waals surface area contributed by atoms with Crippen molar-refractivity contribution in [3.63, 3.8) is 0 Å². The molecule has 6 heterocycles.